The van der Waals surface area contributed by atoms with Crippen LogP contribution in [0, 0.1) is 0 Å². The molecule has 0 bridgehead atoms. The molecule has 206 valence electrons. The Morgan fingerprint density at radius 1 is 0.477 bits per heavy atom. The monoisotopic (exact) mass is 562 g/mol. The molecular weight excluding hydrogens is 536 g/mol. The van der Waals surface area contributed by atoms with Crippen molar-refractivity contribution in [2.45, 2.75) is 6.54 Å². The molecule has 3 heterocycles. The number of hydrogen-bond acceptors (Lipinski definition) is 2. The standard InChI is InChI=1S/C40H26N4/c1-2-11-33-31(9-1)32-10-3-4-12-34(32)36-24-30(15-18-35(33)36)38-20-17-28-14-13-27-16-19-37(42-39(27)40(28)43-38)29-8-5-7-26(23-29)25-44-22-6-21-41-44/h1-24H,25H2. The van der Waals surface area contributed by atoms with Crippen molar-refractivity contribution in [3.63, 3.8) is 0 Å². The number of rotatable bonds is 4. The molecule has 0 saturated carbocycles. The number of fused-ring (bicyclic) bond motifs is 9. The van der Waals surface area contributed by atoms with Crippen LogP contribution in [-0.2, 0) is 6.54 Å². The van der Waals surface area contributed by atoms with Crippen LogP contribution in [0.3, 0.4) is 0 Å². The van der Waals surface area contributed by atoms with Crippen molar-refractivity contribution < 1.29 is 4.68 Å². The van der Waals surface area contributed by atoms with Crippen molar-refractivity contribution in [3.05, 3.63) is 151 Å². The van der Waals surface area contributed by atoms with Gasteiger partial charge in [-0.1, -0.05) is 103 Å². The van der Waals surface area contributed by atoms with Crippen LogP contribution in [0.1, 0.15) is 5.56 Å². The van der Waals surface area contributed by atoms with E-state index in [-0.39, 0.29) is 0 Å². The zero-order valence-corrected chi connectivity index (χ0v) is 23.9. The first-order valence-corrected chi connectivity index (χ1v) is 14.9. The van der Waals surface area contributed by atoms with Crippen LogP contribution in [0.2, 0.25) is 0 Å². The molecule has 9 rings (SSSR count). The zero-order chi connectivity index (χ0) is 29.0. The Morgan fingerprint density at radius 2 is 1.05 bits per heavy atom. The molecule has 0 fully saturated rings. The summed E-state index contributed by atoms with van der Waals surface area (Å²) in [6.45, 7) is 0.721. The minimum Gasteiger partial charge on any atom is -0.418 e. The average Bonchev–Trinajstić information content (AvgIpc) is 3.61. The Labute approximate surface area is 253 Å². The second-order valence-corrected chi connectivity index (χ2v) is 11.4. The average molecular weight is 563 g/mol. The third-order valence-electron chi connectivity index (χ3n) is 8.69. The lowest BCUT2D eigenvalue weighted by Crippen LogP contribution is -2.36. The maximum Gasteiger partial charge on any atom is 0.163 e. The van der Waals surface area contributed by atoms with E-state index in [0.717, 1.165) is 50.9 Å². The van der Waals surface area contributed by atoms with Crippen LogP contribution >= 0.6 is 0 Å². The molecule has 0 amide bonds. The molecule has 0 radical (unpaired) electrons. The van der Waals surface area contributed by atoms with Gasteiger partial charge in [-0.25, -0.2) is 9.97 Å². The van der Waals surface area contributed by atoms with Crippen molar-refractivity contribution in [1.82, 2.24) is 15.1 Å². The first kappa shape index (κ1) is 24.7. The van der Waals surface area contributed by atoms with E-state index in [2.05, 4.69) is 132 Å². The van der Waals surface area contributed by atoms with E-state index in [0.29, 0.717) is 0 Å². The van der Waals surface area contributed by atoms with Gasteiger partial charge in [-0.15, -0.1) is 6.20 Å². The maximum atomic E-state index is 5.25. The third kappa shape index (κ3) is 4.03. The first-order valence-electron chi connectivity index (χ1n) is 14.9. The molecule has 44 heavy (non-hydrogen) atoms. The Hall–Kier alpha value is -5.87. The molecule has 3 aromatic heterocycles. The van der Waals surface area contributed by atoms with Gasteiger partial charge in [0.25, 0.3) is 0 Å². The molecule has 0 aliphatic carbocycles. The molecule has 6 aromatic carbocycles. The lowest BCUT2D eigenvalue weighted by Gasteiger charge is -2.12. The Bertz CT molecular complexity index is 2490. The third-order valence-corrected chi connectivity index (χ3v) is 8.69. The summed E-state index contributed by atoms with van der Waals surface area (Å²) >= 11 is 0. The van der Waals surface area contributed by atoms with Gasteiger partial charge in [-0.3, -0.25) is 4.68 Å². The predicted octanol–water partition coefficient (Wildman–Crippen LogP) is 8.87. The highest BCUT2D eigenvalue weighted by molar-refractivity contribution is 6.25. The fraction of sp³-hybridized carbons (Fsp3) is 0.0250. The maximum absolute atomic E-state index is 5.25. The van der Waals surface area contributed by atoms with Crippen LogP contribution in [0.15, 0.2) is 146 Å². The quantitative estimate of drug-likeness (QED) is 0.159. The van der Waals surface area contributed by atoms with Gasteiger partial charge < -0.3 is 5.10 Å². The lowest BCUT2D eigenvalue weighted by molar-refractivity contribution is -0.747. The van der Waals surface area contributed by atoms with E-state index in [4.69, 9.17) is 9.97 Å². The summed E-state index contributed by atoms with van der Waals surface area (Å²) in [4.78, 5) is 10.4. The molecular formula is C40H26N4. The van der Waals surface area contributed by atoms with Gasteiger partial charge in [0.1, 0.15) is 0 Å². The van der Waals surface area contributed by atoms with Crippen LogP contribution in [0.4, 0.5) is 0 Å². The minimum atomic E-state index is 0.721. The number of aromatic nitrogens is 4. The van der Waals surface area contributed by atoms with Gasteiger partial charge in [0.05, 0.1) is 22.4 Å². The van der Waals surface area contributed by atoms with Crippen LogP contribution in [0.25, 0.3) is 76.6 Å². The molecule has 4 heteroatoms. The molecule has 9 aromatic rings. The van der Waals surface area contributed by atoms with E-state index in [1.165, 1.54) is 37.9 Å². The van der Waals surface area contributed by atoms with Gasteiger partial charge >= 0.3 is 0 Å². The van der Waals surface area contributed by atoms with E-state index < -0.39 is 0 Å². The smallest absolute Gasteiger partial charge is 0.163 e. The molecule has 0 aliphatic rings. The number of hydrogen-bond donors (Lipinski definition) is 0. The minimum absolute atomic E-state index is 0.721. The topological polar surface area (TPSA) is 43.8 Å². The summed E-state index contributed by atoms with van der Waals surface area (Å²) in [5.41, 5.74) is 7.07. The predicted molar refractivity (Wildman–Crippen MR) is 179 cm³/mol. The van der Waals surface area contributed by atoms with Gasteiger partial charge in [0.15, 0.2) is 12.7 Å². The molecule has 0 atom stereocenters. The largest absolute Gasteiger partial charge is 0.418 e. The van der Waals surface area contributed by atoms with Crippen molar-refractivity contribution >= 4 is 54.1 Å². The highest BCUT2D eigenvalue weighted by atomic mass is 15.3. The van der Waals surface area contributed by atoms with Gasteiger partial charge in [0, 0.05) is 27.5 Å². The van der Waals surface area contributed by atoms with Gasteiger partial charge in [-0.05, 0) is 62.6 Å². The fourth-order valence-electron chi connectivity index (χ4n) is 6.57. The van der Waals surface area contributed by atoms with E-state index >= 15 is 0 Å². The Morgan fingerprint density at radius 3 is 1.66 bits per heavy atom. The van der Waals surface area contributed by atoms with Crippen molar-refractivity contribution in [1.29, 1.82) is 0 Å². The van der Waals surface area contributed by atoms with Crippen LogP contribution in [-0.4, -0.2) is 9.97 Å². The summed E-state index contributed by atoms with van der Waals surface area (Å²) in [5.74, 6) is 0. The van der Waals surface area contributed by atoms with E-state index in [1.54, 1.807) is 0 Å². The molecule has 0 aliphatic heterocycles. The summed E-state index contributed by atoms with van der Waals surface area (Å²) in [6.07, 6.45) is 3.79. The van der Waals surface area contributed by atoms with Crippen LogP contribution in [0.5, 0.6) is 0 Å². The molecule has 4 nitrogen and oxygen atoms in total. The second-order valence-electron chi connectivity index (χ2n) is 11.4. The van der Waals surface area contributed by atoms with Crippen molar-refractivity contribution in [3.8, 4) is 22.5 Å². The zero-order valence-electron chi connectivity index (χ0n) is 23.9. The SMILES string of the molecule is c1cc(C[n+]2ccc[n-]2)cc(-c2ccc3ccc4ccc(-c5ccc6c7ccccc7c7ccccc7c6c5)nc4c3n2)c1. The van der Waals surface area contributed by atoms with Crippen LogP contribution < -0.4 is 9.78 Å². The van der Waals surface area contributed by atoms with E-state index in [9.17, 15) is 0 Å². The van der Waals surface area contributed by atoms with Crippen molar-refractivity contribution in [2.24, 2.45) is 0 Å². The van der Waals surface area contributed by atoms with Gasteiger partial charge in [-0.2, -0.15) is 0 Å². The fourth-order valence-corrected chi connectivity index (χ4v) is 6.57. The Kier molecular flexibility index (Phi) is 5.53. The number of pyridine rings is 2. The second kappa shape index (κ2) is 9.85. The van der Waals surface area contributed by atoms with E-state index in [1.807, 2.05) is 23.1 Å². The highest BCUT2D eigenvalue weighted by Gasteiger charge is 2.12. The molecule has 0 N–H and O–H groups in total. The van der Waals surface area contributed by atoms with Crippen molar-refractivity contribution in [2.75, 3.05) is 0 Å². The molecule has 0 unspecified atom stereocenters. The summed E-state index contributed by atoms with van der Waals surface area (Å²) in [5, 5.41) is 14.1. The number of benzene rings is 6. The lowest BCUT2D eigenvalue weighted by atomic mass is 9.93. The number of nitrogens with zero attached hydrogens (tertiary/aromatic N) is 4. The Balaban J connectivity index is 1.19. The summed E-state index contributed by atoms with van der Waals surface area (Å²) in [7, 11) is 0. The highest BCUT2D eigenvalue weighted by Crippen LogP contribution is 2.37. The summed E-state index contributed by atoms with van der Waals surface area (Å²) in [6, 6.07) is 47.4. The summed E-state index contributed by atoms with van der Waals surface area (Å²) < 4.78 is 1.93. The molecule has 0 spiro atoms. The molecule has 0 saturated heterocycles. The normalized spacial score (nSPS) is 11.7. The first-order chi connectivity index (χ1) is 21.8. The van der Waals surface area contributed by atoms with Gasteiger partial charge in [0.2, 0.25) is 0 Å².